The van der Waals surface area contributed by atoms with Crippen molar-refractivity contribution in [2.24, 2.45) is 0 Å². The summed E-state index contributed by atoms with van der Waals surface area (Å²) in [6.07, 6.45) is -0.348. The van der Waals surface area contributed by atoms with Crippen LogP contribution in [0.15, 0.2) is 78.9 Å². The smallest absolute Gasteiger partial charge is 0.272 e. The minimum absolute atomic E-state index is 0.174. The summed E-state index contributed by atoms with van der Waals surface area (Å²) in [4.78, 5) is 34.4. The summed E-state index contributed by atoms with van der Waals surface area (Å²) < 4.78 is 11.8. The maximum atomic E-state index is 13.2. The Morgan fingerprint density at radius 1 is 0.647 bits per heavy atom. The average molecular weight is 458 g/mol. The fourth-order valence-corrected chi connectivity index (χ4v) is 4.40. The van der Waals surface area contributed by atoms with Gasteiger partial charge in [0, 0.05) is 13.1 Å². The van der Waals surface area contributed by atoms with Crippen molar-refractivity contribution in [2.75, 3.05) is 39.4 Å². The van der Waals surface area contributed by atoms with Crippen molar-refractivity contribution in [3.05, 3.63) is 101 Å². The summed E-state index contributed by atoms with van der Waals surface area (Å²) in [5, 5.41) is 0. The minimum Gasteiger partial charge on any atom is -0.370 e. The molecule has 7 nitrogen and oxygen atoms in total. The molecule has 0 radical (unpaired) electrons. The van der Waals surface area contributed by atoms with E-state index < -0.39 is 0 Å². The van der Waals surface area contributed by atoms with E-state index in [4.69, 9.17) is 9.47 Å². The first-order valence-electron chi connectivity index (χ1n) is 11.6. The topological polar surface area (TPSA) is 72.0 Å². The molecule has 1 aromatic heterocycles. The maximum absolute atomic E-state index is 13.2. The van der Waals surface area contributed by atoms with Crippen LogP contribution < -0.4 is 0 Å². The van der Waals surface area contributed by atoms with Gasteiger partial charge in [-0.1, -0.05) is 66.7 Å². The fraction of sp³-hybridized carbons (Fsp3) is 0.296. The summed E-state index contributed by atoms with van der Waals surface area (Å²) in [7, 11) is 0. The number of benzene rings is 2. The van der Waals surface area contributed by atoms with E-state index in [1.54, 1.807) is 28.0 Å². The van der Waals surface area contributed by atoms with Gasteiger partial charge in [0.05, 0.1) is 26.3 Å². The van der Waals surface area contributed by atoms with Crippen LogP contribution in [0.1, 0.15) is 44.3 Å². The van der Waals surface area contributed by atoms with E-state index in [1.807, 2.05) is 60.7 Å². The number of amides is 2. The number of pyridine rings is 1. The van der Waals surface area contributed by atoms with Crippen LogP contribution in [-0.4, -0.2) is 66.0 Å². The molecule has 5 rings (SSSR count). The lowest BCUT2D eigenvalue weighted by molar-refractivity contribution is -0.0235. The van der Waals surface area contributed by atoms with Crippen LogP contribution in [0, 0.1) is 0 Å². The molecule has 2 unspecified atom stereocenters. The summed E-state index contributed by atoms with van der Waals surface area (Å²) in [6, 6.07) is 24.8. The molecule has 7 heteroatoms. The van der Waals surface area contributed by atoms with Gasteiger partial charge in [0.1, 0.15) is 23.6 Å². The lowest BCUT2D eigenvalue weighted by Crippen LogP contribution is -2.43. The first kappa shape index (κ1) is 22.3. The Kier molecular flexibility index (Phi) is 6.65. The SMILES string of the molecule is O=C(c1cccc(C(=O)N2CCOC(c3ccccc3)C2)n1)N1CCOC(c2ccccc2)C1. The van der Waals surface area contributed by atoms with Gasteiger partial charge in [-0.3, -0.25) is 9.59 Å². The Labute approximate surface area is 198 Å². The number of hydrogen-bond acceptors (Lipinski definition) is 5. The van der Waals surface area contributed by atoms with Crippen LogP contribution in [0.5, 0.6) is 0 Å². The average Bonchev–Trinajstić information content (AvgIpc) is 2.93. The largest absolute Gasteiger partial charge is 0.370 e. The molecular weight excluding hydrogens is 430 g/mol. The second kappa shape index (κ2) is 10.2. The zero-order valence-corrected chi connectivity index (χ0v) is 18.9. The molecule has 174 valence electrons. The predicted octanol–water partition coefficient (Wildman–Crippen LogP) is 3.51. The summed E-state index contributed by atoms with van der Waals surface area (Å²) >= 11 is 0. The van der Waals surface area contributed by atoms with Gasteiger partial charge in [-0.15, -0.1) is 0 Å². The third-order valence-electron chi connectivity index (χ3n) is 6.24. The minimum atomic E-state index is -0.192. The standard InChI is InChI=1S/C27H27N3O4/c31-26(29-14-16-33-24(18-29)20-8-3-1-4-9-20)22-12-7-13-23(28-22)27(32)30-15-17-34-25(19-30)21-10-5-2-6-11-21/h1-13,24-25H,14-19H2. The number of hydrogen-bond donors (Lipinski definition) is 0. The fourth-order valence-electron chi connectivity index (χ4n) is 4.40. The molecule has 2 amide bonds. The maximum Gasteiger partial charge on any atom is 0.272 e. The number of carbonyl (C=O) groups is 2. The summed E-state index contributed by atoms with van der Waals surface area (Å²) in [5.41, 5.74) is 2.62. The first-order chi connectivity index (χ1) is 16.7. The lowest BCUT2D eigenvalue weighted by atomic mass is 10.1. The molecule has 2 atom stereocenters. The van der Waals surface area contributed by atoms with E-state index >= 15 is 0 Å². The molecule has 2 aliphatic heterocycles. The normalized spacial score (nSPS) is 20.7. The summed E-state index contributed by atoms with van der Waals surface area (Å²) in [6.45, 7) is 2.79. The first-order valence-corrected chi connectivity index (χ1v) is 11.6. The molecule has 34 heavy (non-hydrogen) atoms. The van der Waals surface area contributed by atoms with Crippen molar-refractivity contribution in [3.8, 4) is 0 Å². The van der Waals surface area contributed by atoms with E-state index in [1.165, 1.54) is 0 Å². The van der Waals surface area contributed by atoms with E-state index in [0.29, 0.717) is 39.4 Å². The third-order valence-corrected chi connectivity index (χ3v) is 6.24. The lowest BCUT2D eigenvalue weighted by Gasteiger charge is -2.33. The molecule has 2 aromatic carbocycles. The zero-order valence-electron chi connectivity index (χ0n) is 18.9. The molecule has 2 saturated heterocycles. The number of nitrogens with zero attached hydrogens (tertiary/aromatic N) is 3. The highest BCUT2D eigenvalue weighted by Gasteiger charge is 2.29. The number of ether oxygens (including phenoxy) is 2. The van der Waals surface area contributed by atoms with Gasteiger partial charge in [-0.25, -0.2) is 4.98 Å². The van der Waals surface area contributed by atoms with Gasteiger partial charge in [0.15, 0.2) is 0 Å². The van der Waals surface area contributed by atoms with E-state index in [2.05, 4.69) is 4.98 Å². The Bertz CT molecular complexity index is 1050. The molecule has 0 saturated carbocycles. The van der Waals surface area contributed by atoms with Crippen molar-refractivity contribution >= 4 is 11.8 Å². The van der Waals surface area contributed by atoms with Crippen molar-refractivity contribution in [2.45, 2.75) is 12.2 Å². The molecule has 0 spiro atoms. The molecule has 0 bridgehead atoms. The van der Waals surface area contributed by atoms with Gasteiger partial charge >= 0.3 is 0 Å². The van der Waals surface area contributed by atoms with E-state index in [-0.39, 0.29) is 35.4 Å². The predicted molar refractivity (Wildman–Crippen MR) is 126 cm³/mol. The third kappa shape index (κ3) is 4.85. The Morgan fingerprint density at radius 2 is 1.09 bits per heavy atom. The monoisotopic (exact) mass is 457 g/mol. The molecular formula is C27H27N3O4. The molecule has 2 fully saturated rings. The Morgan fingerprint density at radius 3 is 1.53 bits per heavy atom. The van der Waals surface area contributed by atoms with Crippen LogP contribution in [-0.2, 0) is 9.47 Å². The summed E-state index contributed by atoms with van der Waals surface area (Å²) in [5.74, 6) is -0.383. The highest BCUT2D eigenvalue weighted by Crippen LogP contribution is 2.24. The molecule has 2 aliphatic rings. The van der Waals surface area contributed by atoms with Gasteiger partial charge < -0.3 is 19.3 Å². The Hall–Kier alpha value is -3.55. The highest BCUT2D eigenvalue weighted by atomic mass is 16.5. The van der Waals surface area contributed by atoms with Gasteiger partial charge in [-0.2, -0.15) is 0 Å². The van der Waals surface area contributed by atoms with Crippen molar-refractivity contribution in [1.82, 2.24) is 14.8 Å². The van der Waals surface area contributed by atoms with E-state index in [0.717, 1.165) is 11.1 Å². The number of morpholine rings is 2. The Balaban J connectivity index is 1.28. The van der Waals surface area contributed by atoms with Crippen molar-refractivity contribution in [3.63, 3.8) is 0 Å². The van der Waals surface area contributed by atoms with Crippen LogP contribution in [0.25, 0.3) is 0 Å². The van der Waals surface area contributed by atoms with Gasteiger partial charge in [-0.05, 0) is 23.3 Å². The number of aromatic nitrogens is 1. The second-order valence-electron chi connectivity index (χ2n) is 8.45. The van der Waals surface area contributed by atoms with Crippen LogP contribution in [0.3, 0.4) is 0 Å². The zero-order chi connectivity index (χ0) is 23.3. The molecule has 0 N–H and O–H groups in total. The number of carbonyl (C=O) groups excluding carboxylic acids is 2. The van der Waals surface area contributed by atoms with Crippen molar-refractivity contribution in [1.29, 1.82) is 0 Å². The van der Waals surface area contributed by atoms with E-state index in [9.17, 15) is 9.59 Å². The van der Waals surface area contributed by atoms with Gasteiger partial charge in [0.2, 0.25) is 0 Å². The number of rotatable bonds is 4. The highest BCUT2D eigenvalue weighted by molar-refractivity contribution is 5.96. The van der Waals surface area contributed by atoms with Crippen LogP contribution in [0.4, 0.5) is 0 Å². The van der Waals surface area contributed by atoms with Crippen LogP contribution >= 0.6 is 0 Å². The molecule has 3 heterocycles. The quantitative estimate of drug-likeness (QED) is 0.600. The molecule has 3 aromatic rings. The van der Waals surface area contributed by atoms with Crippen molar-refractivity contribution < 1.29 is 19.1 Å². The van der Waals surface area contributed by atoms with Gasteiger partial charge in [0.25, 0.3) is 11.8 Å². The van der Waals surface area contributed by atoms with Crippen LogP contribution in [0.2, 0.25) is 0 Å². The molecule has 0 aliphatic carbocycles. The second-order valence-corrected chi connectivity index (χ2v) is 8.45.